The minimum Gasteiger partial charge on any atom is -0.493 e. The van der Waals surface area contributed by atoms with E-state index in [1.54, 1.807) is 30.5 Å². The molecule has 1 amide bonds. The fourth-order valence-electron chi connectivity index (χ4n) is 2.05. The van der Waals surface area contributed by atoms with Crippen LogP contribution in [0.3, 0.4) is 0 Å². The number of hydrazone groups is 1. The Bertz CT molecular complexity index is 775. The summed E-state index contributed by atoms with van der Waals surface area (Å²) in [5, 5.41) is 4.02. The van der Waals surface area contributed by atoms with Crippen LogP contribution in [0.2, 0.25) is 0 Å². The minimum absolute atomic E-state index is 0.312. The molecular formula is C19H19BrN2O3. The lowest BCUT2D eigenvalue weighted by molar-refractivity contribution is 0.0951. The fraction of sp³-hybridized carbons (Fsp3) is 0.158. The molecule has 25 heavy (non-hydrogen) atoms. The van der Waals surface area contributed by atoms with Crippen LogP contribution in [0.15, 0.2) is 64.7 Å². The van der Waals surface area contributed by atoms with Crippen molar-refractivity contribution in [3.05, 3.63) is 70.7 Å². The molecular weight excluding hydrogens is 384 g/mol. The van der Waals surface area contributed by atoms with Crippen LogP contribution in [0, 0.1) is 0 Å². The Balaban J connectivity index is 2.12. The van der Waals surface area contributed by atoms with Crippen molar-refractivity contribution in [2.75, 3.05) is 13.2 Å². The highest BCUT2D eigenvalue weighted by molar-refractivity contribution is 9.10. The molecule has 0 bridgehead atoms. The van der Waals surface area contributed by atoms with Crippen LogP contribution in [-0.4, -0.2) is 25.3 Å². The molecule has 0 aromatic heterocycles. The average Bonchev–Trinajstić information content (AvgIpc) is 2.62. The van der Waals surface area contributed by atoms with Crippen LogP contribution in [0.25, 0.3) is 0 Å². The largest absolute Gasteiger partial charge is 0.493 e. The van der Waals surface area contributed by atoms with Crippen LogP contribution in [-0.2, 0) is 0 Å². The van der Waals surface area contributed by atoms with Gasteiger partial charge in [0.1, 0.15) is 18.1 Å². The first-order chi connectivity index (χ1) is 12.2. The topological polar surface area (TPSA) is 59.9 Å². The normalized spacial score (nSPS) is 10.5. The third-order valence-corrected chi connectivity index (χ3v) is 3.62. The molecule has 0 spiro atoms. The number of halogens is 1. The minimum atomic E-state index is -0.370. The van der Waals surface area contributed by atoms with Gasteiger partial charge in [-0.2, -0.15) is 5.10 Å². The van der Waals surface area contributed by atoms with Gasteiger partial charge in [-0.25, -0.2) is 5.43 Å². The maximum atomic E-state index is 12.4. The highest BCUT2D eigenvalue weighted by Crippen LogP contribution is 2.23. The second-order valence-electron chi connectivity index (χ2n) is 4.91. The number of rotatable bonds is 8. The van der Waals surface area contributed by atoms with Gasteiger partial charge < -0.3 is 9.47 Å². The van der Waals surface area contributed by atoms with Crippen molar-refractivity contribution in [1.29, 1.82) is 0 Å². The SMILES string of the molecule is C=CCOc1ccc(Br)cc1C(=O)N/N=C/c1ccccc1OCC. The third kappa shape index (κ3) is 5.46. The smallest absolute Gasteiger partial charge is 0.275 e. The van der Waals surface area contributed by atoms with E-state index in [0.29, 0.717) is 30.3 Å². The molecule has 0 saturated heterocycles. The number of benzene rings is 2. The summed E-state index contributed by atoms with van der Waals surface area (Å²) >= 11 is 3.35. The Hall–Kier alpha value is -2.60. The number of carbonyl (C=O) groups is 1. The fourth-order valence-corrected chi connectivity index (χ4v) is 2.41. The molecule has 2 aromatic rings. The van der Waals surface area contributed by atoms with Crippen LogP contribution in [0.4, 0.5) is 0 Å². The van der Waals surface area contributed by atoms with Crippen LogP contribution >= 0.6 is 15.9 Å². The summed E-state index contributed by atoms with van der Waals surface area (Å²) in [4.78, 5) is 12.4. The molecule has 1 N–H and O–H groups in total. The van der Waals surface area contributed by atoms with E-state index in [1.165, 1.54) is 0 Å². The summed E-state index contributed by atoms with van der Waals surface area (Å²) in [7, 11) is 0. The summed E-state index contributed by atoms with van der Waals surface area (Å²) in [5.41, 5.74) is 3.67. The standard InChI is InChI=1S/C19H19BrN2O3/c1-3-11-25-18-10-9-15(20)12-16(18)19(23)22-21-13-14-7-5-6-8-17(14)24-4-2/h3,5-10,12-13H,1,4,11H2,2H3,(H,22,23)/b21-13+. The highest BCUT2D eigenvalue weighted by Gasteiger charge is 2.12. The number of ether oxygens (including phenoxy) is 2. The number of nitrogens with zero attached hydrogens (tertiary/aromatic N) is 1. The van der Waals surface area contributed by atoms with E-state index in [0.717, 1.165) is 10.0 Å². The Morgan fingerprint density at radius 2 is 2.04 bits per heavy atom. The summed E-state index contributed by atoms with van der Waals surface area (Å²) in [5.74, 6) is 0.802. The molecule has 0 saturated carbocycles. The van der Waals surface area contributed by atoms with Gasteiger partial charge >= 0.3 is 0 Å². The molecule has 0 fully saturated rings. The molecule has 6 heteroatoms. The van der Waals surface area contributed by atoms with Gasteiger partial charge in [-0.1, -0.05) is 40.7 Å². The van der Waals surface area contributed by atoms with Crippen molar-refractivity contribution in [3.63, 3.8) is 0 Å². The Labute approximate surface area is 155 Å². The number of para-hydroxylation sites is 1. The van der Waals surface area contributed by atoms with Crippen molar-refractivity contribution in [2.45, 2.75) is 6.92 Å². The summed E-state index contributed by atoms with van der Waals surface area (Å²) in [6.45, 7) is 6.38. The number of hydrogen-bond donors (Lipinski definition) is 1. The van der Waals surface area contributed by atoms with E-state index in [1.807, 2.05) is 31.2 Å². The van der Waals surface area contributed by atoms with Crippen LogP contribution in [0.1, 0.15) is 22.8 Å². The van der Waals surface area contributed by atoms with Gasteiger partial charge in [0.2, 0.25) is 0 Å². The van der Waals surface area contributed by atoms with Crippen molar-refractivity contribution in [1.82, 2.24) is 5.43 Å². The molecule has 130 valence electrons. The lowest BCUT2D eigenvalue weighted by atomic mass is 10.2. The molecule has 2 rings (SSSR count). The second-order valence-corrected chi connectivity index (χ2v) is 5.83. The zero-order chi connectivity index (χ0) is 18.1. The predicted molar refractivity (Wildman–Crippen MR) is 103 cm³/mol. The molecule has 0 heterocycles. The molecule has 0 aliphatic heterocycles. The Kier molecular flexibility index (Phi) is 7.22. The lowest BCUT2D eigenvalue weighted by Crippen LogP contribution is -2.19. The van der Waals surface area contributed by atoms with Gasteiger partial charge in [-0.3, -0.25) is 4.79 Å². The number of nitrogens with one attached hydrogen (secondary N) is 1. The molecule has 0 unspecified atom stereocenters. The van der Waals surface area contributed by atoms with Gasteiger partial charge in [0.25, 0.3) is 5.91 Å². The van der Waals surface area contributed by atoms with Crippen molar-refractivity contribution in [2.24, 2.45) is 5.10 Å². The molecule has 0 radical (unpaired) electrons. The maximum Gasteiger partial charge on any atom is 0.275 e. The number of hydrogen-bond acceptors (Lipinski definition) is 4. The van der Waals surface area contributed by atoms with Crippen molar-refractivity contribution >= 4 is 28.1 Å². The van der Waals surface area contributed by atoms with Gasteiger partial charge in [-0.05, 0) is 37.3 Å². The zero-order valence-electron chi connectivity index (χ0n) is 13.9. The van der Waals surface area contributed by atoms with Crippen LogP contribution < -0.4 is 14.9 Å². The molecule has 2 aromatic carbocycles. The van der Waals surface area contributed by atoms with Crippen LogP contribution in [0.5, 0.6) is 11.5 Å². The number of carbonyl (C=O) groups excluding carboxylic acids is 1. The lowest BCUT2D eigenvalue weighted by Gasteiger charge is -2.09. The van der Waals surface area contributed by atoms with E-state index < -0.39 is 0 Å². The maximum absolute atomic E-state index is 12.4. The third-order valence-electron chi connectivity index (χ3n) is 3.13. The Morgan fingerprint density at radius 3 is 2.80 bits per heavy atom. The highest BCUT2D eigenvalue weighted by atomic mass is 79.9. The number of amides is 1. The first-order valence-electron chi connectivity index (χ1n) is 7.74. The Morgan fingerprint density at radius 1 is 1.24 bits per heavy atom. The summed E-state index contributed by atoms with van der Waals surface area (Å²) < 4.78 is 11.8. The van der Waals surface area contributed by atoms with E-state index in [4.69, 9.17) is 9.47 Å². The van der Waals surface area contributed by atoms with Gasteiger partial charge in [0.15, 0.2) is 0 Å². The van der Waals surface area contributed by atoms with E-state index in [9.17, 15) is 4.79 Å². The average molecular weight is 403 g/mol. The summed E-state index contributed by atoms with van der Waals surface area (Å²) in [6.07, 6.45) is 3.16. The van der Waals surface area contributed by atoms with Crippen molar-refractivity contribution in [3.8, 4) is 11.5 Å². The first-order valence-corrected chi connectivity index (χ1v) is 8.53. The van der Waals surface area contributed by atoms with E-state index >= 15 is 0 Å². The quantitative estimate of drug-likeness (QED) is 0.409. The van der Waals surface area contributed by atoms with Gasteiger partial charge in [0.05, 0.1) is 18.4 Å². The predicted octanol–water partition coefficient (Wildman–Crippen LogP) is 4.18. The zero-order valence-corrected chi connectivity index (χ0v) is 15.5. The second kappa shape index (κ2) is 9.64. The molecule has 0 aliphatic rings. The molecule has 0 atom stereocenters. The van der Waals surface area contributed by atoms with Gasteiger partial charge in [-0.15, -0.1) is 0 Å². The van der Waals surface area contributed by atoms with Gasteiger partial charge in [0, 0.05) is 10.0 Å². The molecule has 0 aliphatic carbocycles. The first kappa shape index (κ1) is 18.7. The van der Waals surface area contributed by atoms with Crippen molar-refractivity contribution < 1.29 is 14.3 Å². The monoisotopic (exact) mass is 402 g/mol. The summed E-state index contributed by atoms with van der Waals surface area (Å²) in [6, 6.07) is 12.7. The molecule has 5 nitrogen and oxygen atoms in total. The van der Waals surface area contributed by atoms with E-state index in [2.05, 4.69) is 33.0 Å². The van der Waals surface area contributed by atoms with E-state index in [-0.39, 0.29) is 5.91 Å².